The van der Waals surface area contributed by atoms with Gasteiger partial charge >= 0.3 is 6.03 Å². The van der Waals surface area contributed by atoms with Crippen LogP contribution in [0.15, 0.2) is 24.3 Å². The normalized spacial score (nSPS) is 26.6. The second kappa shape index (κ2) is 5.09. The molecule has 0 radical (unpaired) electrons. The van der Waals surface area contributed by atoms with Crippen LogP contribution < -0.4 is 15.4 Å². The first kappa shape index (κ1) is 12.3. The lowest BCUT2D eigenvalue weighted by Crippen LogP contribution is -2.39. The minimum absolute atomic E-state index is 0.0178. The zero-order chi connectivity index (χ0) is 13.2. The highest BCUT2D eigenvalue weighted by atomic mass is 16.5. The number of rotatable bonds is 3. The highest BCUT2D eigenvalue weighted by molar-refractivity contribution is 5.78. The molecule has 2 saturated heterocycles. The van der Waals surface area contributed by atoms with Gasteiger partial charge in [0.05, 0.1) is 13.2 Å². The minimum Gasteiger partial charge on any atom is -0.496 e. The van der Waals surface area contributed by atoms with Gasteiger partial charge in [0, 0.05) is 24.7 Å². The molecular formula is C14H19N3O2. The van der Waals surface area contributed by atoms with E-state index >= 15 is 0 Å². The molecule has 1 aromatic carbocycles. The van der Waals surface area contributed by atoms with E-state index in [-0.39, 0.29) is 12.1 Å². The summed E-state index contributed by atoms with van der Waals surface area (Å²) in [5, 5.41) is 6.35. The molecule has 2 fully saturated rings. The molecule has 0 aromatic heterocycles. The van der Waals surface area contributed by atoms with Crippen LogP contribution >= 0.6 is 0 Å². The fraction of sp³-hybridized carbons (Fsp3) is 0.500. The van der Waals surface area contributed by atoms with Gasteiger partial charge in [0.15, 0.2) is 0 Å². The van der Waals surface area contributed by atoms with E-state index < -0.39 is 0 Å². The van der Waals surface area contributed by atoms with Crippen LogP contribution in [-0.2, 0) is 0 Å². The number of methoxy groups -OCH3 is 1. The van der Waals surface area contributed by atoms with Gasteiger partial charge in [0.25, 0.3) is 0 Å². The van der Waals surface area contributed by atoms with E-state index in [4.69, 9.17) is 4.74 Å². The summed E-state index contributed by atoms with van der Waals surface area (Å²) in [6.07, 6.45) is 1.03. The maximum absolute atomic E-state index is 12.1. The Balaban J connectivity index is 1.78. The van der Waals surface area contributed by atoms with E-state index in [0.29, 0.717) is 12.6 Å². The van der Waals surface area contributed by atoms with Crippen LogP contribution in [0.3, 0.4) is 0 Å². The van der Waals surface area contributed by atoms with Gasteiger partial charge in [-0.3, -0.25) is 0 Å². The molecule has 2 aliphatic rings. The number of carbonyl (C=O) groups is 1. The molecule has 1 aromatic rings. The van der Waals surface area contributed by atoms with Crippen molar-refractivity contribution < 1.29 is 9.53 Å². The molecule has 2 atom stereocenters. The summed E-state index contributed by atoms with van der Waals surface area (Å²) in [4.78, 5) is 14.0. The summed E-state index contributed by atoms with van der Waals surface area (Å²) in [6.45, 7) is 2.60. The van der Waals surface area contributed by atoms with Crippen molar-refractivity contribution >= 4 is 6.03 Å². The lowest BCUT2D eigenvalue weighted by Gasteiger charge is -2.21. The molecule has 2 N–H and O–H groups in total. The first-order valence-electron chi connectivity index (χ1n) is 6.70. The molecule has 0 saturated carbocycles. The Morgan fingerprint density at radius 1 is 1.37 bits per heavy atom. The molecule has 19 heavy (non-hydrogen) atoms. The molecule has 3 rings (SSSR count). The van der Waals surface area contributed by atoms with Crippen LogP contribution in [0.5, 0.6) is 5.75 Å². The smallest absolute Gasteiger partial charge is 0.318 e. The lowest BCUT2D eigenvalue weighted by atomic mass is 10.1. The third-order valence-corrected chi connectivity index (χ3v) is 3.93. The molecule has 2 heterocycles. The Kier molecular flexibility index (Phi) is 3.29. The number of para-hydroxylation sites is 1. The number of hydrogen-bond acceptors (Lipinski definition) is 3. The summed E-state index contributed by atoms with van der Waals surface area (Å²) in [7, 11) is 1.66. The van der Waals surface area contributed by atoms with Crippen molar-refractivity contribution in [2.45, 2.75) is 18.5 Å². The zero-order valence-electron chi connectivity index (χ0n) is 11.1. The third kappa shape index (κ3) is 2.26. The molecule has 0 aliphatic carbocycles. The molecule has 0 spiro atoms. The molecule has 5 heteroatoms. The maximum Gasteiger partial charge on any atom is 0.318 e. The monoisotopic (exact) mass is 261 g/mol. The Bertz CT molecular complexity index is 472. The van der Waals surface area contributed by atoms with Crippen molar-refractivity contribution in [3.05, 3.63) is 29.8 Å². The van der Waals surface area contributed by atoms with E-state index in [1.807, 2.05) is 29.2 Å². The number of ether oxygens (including phenoxy) is 1. The Morgan fingerprint density at radius 2 is 2.21 bits per heavy atom. The molecular weight excluding hydrogens is 242 g/mol. The number of benzene rings is 1. The molecule has 102 valence electrons. The van der Waals surface area contributed by atoms with E-state index in [0.717, 1.165) is 30.8 Å². The van der Waals surface area contributed by atoms with Crippen LogP contribution in [0.1, 0.15) is 18.0 Å². The Morgan fingerprint density at radius 3 is 2.95 bits per heavy atom. The first-order chi connectivity index (χ1) is 9.29. The van der Waals surface area contributed by atoms with Gasteiger partial charge in [0.2, 0.25) is 0 Å². The maximum atomic E-state index is 12.1. The molecule has 2 amide bonds. The number of hydrogen-bond donors (Lipinski definition) is 2. The van der Waals surface area contributed by atoms with Gasteiger partial charge in [-0.1, -0.05) is 18.2 Å². The summed E-state index contributed by atoms with van der Waals surface area (Å²) < 4.78 is 5.37. The quantitative estimate of drug-likeness (QED) is 0.857. The average Bonchev–Trinajstić information content (AvgIpc) is 3.07. The Hall–Kier alpha value is -1.75. The molecule has 2 aliphatic heterocycles. The molecule has 5 nitrogen and oxygen atoms in total. The van der Waals surface area contributed by atoms with Crippen molar-refractivity contribution in [2.24, 2.45) is 0 Å². The van der Waals surface area contributed by atoms with Crippen molar-refractivity contribution in [3.63, 3.8) is 0 Å². The SMILES string of the molecule is COc1ccccc1C1CN(C2CCNC2)C(=O)N1. The molecule has 2 unspecified atom stereocenters. The number of nitrogens with zero attached hydrogens (tertiary/aromatic N) is 1. The van der Waals surface area contributed by atoms with Gasteiger partial charge in [-0.2, -0.15) is 0 Å². The summed E-state index contributed by atoms with van der Waals surface area (Å²) in [5.41, 5.74) is 1.05. The standard InChI is InChI=1S/C14H19N3O2/c1-19-13-5-3-2-4-11(13)12-9-17(14(18)16-12)10-6-7-15-8-10/h2-5,10,12,15H,6-9H2,1H3,(H,16,18). The predicted octanol–water partition coefficient (Wildman–Crippen LogP) is 1.12. The van der Waals surface area contributed by atoms with E-state index in [9.17, 15) is 4.79 Å². The van der Waals surface area contributed by atoms with Gasteiger partial charge in [-0.05, 0) is 19.0 Å². The van der Waals surface area contributed by atoms with Gasteiger partial charge < -0.3 is 20.3 Å². The van der Waals surface area contributed by atoms with Gasteiger partial charge in [-0.25, -0.2) is 4.79 Å². The topological polar surface area (TPSA) is 53.6 Å². The third-order valence-electron chi connectivity index (χ3n) is 3.93. The fourth-order valence-corrected chi connectivity index (χ4v) is 2.91. The second-order valence-corrected chi connectivity index (χ2v) is 5.04. The highest BCUT2D eigenvalue weighted by Crippen LogP contribution is 2.29. The van der Waals surface area contributed by atoms with E-state index in [1.165, 1.54) is 0 Å². The van der Waals surface area contributed by atoms with Crippen LogP contribution in [0.2, 0.25) is 0 Å². The van der Waals surface area contributed by atoms with Crippen molar-refractivity contribution in [1.29, 1.82) is 0 Å². The minimum atomic E-state index is 0.0178. The Labute approximate surface area is 112 Å². The van der Waals surface area contributed by atoms with Crippen molar-refractivity contribution in [2.75, 3.05) is 26.7 Å². The number of urea groups is 1. The molecule has 0 bridgehead atoms. The highest BCUT2D eigenvalue weighted by Gasteiger charge is 2.36. The summed E-state index contributed by atoms with van der Waals surface area (Å²) in [6, 6.07) is 8.23. The summed E-state index contributed by atoms with van der Waals surface area (Å²) >= 11 is 0. The lowest BCUT2D eigenvalue weighted by molar-refractivity contribution is 0.201. The van der Waals surface area contributed by atoms with Crippen LogP contribution in [0.4, 0.5) is 4.79 Å². The van der Waals surface area contributed by atoms with Crippen molar-refractivity contribution in [1.82, 2.24) is 15.5 Å². The van der Waals surface area contributed by atoms with E-state index in [1.54, 1.807) is 7.11 Å². The fourth-order valence-electron chi connectivity index (χ4n) is 2.91. The first-order valence-corrected chi connectivity index (χ1v) is 6.70. The summed E-state index contributed by atoms with van der Waals surface area (Å²) in [5.74, 6) is 0.833. The predicted molar refractivity (Wildman–Crippen MR) is 72.2 cm³/mol. The van der Waals surface area contributed by atoms with E-state index in [2.05, 4.69) is 10.6 Å². The average molecular weight is 261 g/mol. The number of carbonyl (C=O) groups excluding carboxylic acids is 1. The van der Waals surface area contributed by atoms with Crippen LogP contribution in [0, 0.1) is 0 Å². The largest absolute Gasteiger partial charge is 0.496 e. The van der Waals surface area contributed by atoms with Crippen LogP contribution in [0.25, 0.3) is 0 Å². The zero-order valence-corrected chi connectivity index (χ0v) is 11.1. The number of nitrogens with one attached hydrogen (secondary N) is 2. The van der Waals surface area contributed by atoms with Gasteiger partial charge in [-0.15, -0.1) is 0 Å². The van der Waals surface area contributed by atoms with Crippen LogP contribution in [-0.4, -0.2) is 43.7 Å². The van der Waals surface area contributed by atoms with Crippen molar-refractivity contribution in [3.8, 4) is 5.75 Å². The second-order valence-electron chi connectivity index (χ2n) is 5.04. The number of amides is 2. The van der Waals surface area contributed by atoms with Gasteiger partial charge in [0.1, 0.15) is 5.75 Å².